The molecule has 1 unspecified atom stereocenters. The van der Waals surface area contributed by atoms with E-state index in [1.165, 1.54) is 11.8 Å². The van der Waals surface area contributed by atoms with Gasteiger partial charge in [-0.15, -0.1) is 17.2 Å². The van der Waals surface area contributed by atoms with E-state index in [0.717, 1.165) is 39.0 Å². The zero-order valence-electron chi connectivity index (χ0n) is 20.9. The van der Waals surface area contributed by atoms with Crippen LogP contribution in [0.3, 0.4) is 0 Å². The summed E-state index contributed by atoms with van der Waals surface area (Å²) >= 11 is 9.37. The van der Waals surface area contributed by atoms with Crippen LogP contribution in [0.2, 0.25) is 5.02 Å². The number of halogens is 1. The number of rotatable bonds is 12. The summed E-state index contributed by atoms with van der Waals surface area (Å²) in [6.07, 6.45) is 1.76. The van der Waals surface area contributed by atoms with Crippen LogP contribution in [0, 0.1) is 0 Å². The van der Waals surface area contributed by atoms with Crippen molar-refractivity contribution in [3.63, 3.8) is 0 Å². The van der Waals surface area contributed by atoms with Crippen LogP contribution in [0.1, 0.15) is 47.3 Å². The number of hydrogen-bond donors (Lipinski definition) is 1. The van der Waals surface area contributed by atoms with Gasteiger partial charge in [-0.3, -0.25) is 9.59 Å². The van der Waals surface area contributed by atoms with Crippen molar-refractivity contribution in [2.24, 2.45) is 0 Å². The van der Waals surface area contributed by atoms with Gasteiger partial charge in [-0.2, -0.15) is 0 Å². The molecule has 0 saturated heterocycles. The fourth-order valence-electron chi connectivity index (χ4n) is 3.79. The number of nitrogens with one attached hydrogen (secondary N) is 1. The lowest BCUT2D eigenvalue weighted by Gasteiger charge is -2.18. The number of ketones is 1. The molecule has 1 atom stereocenters. The Hall–Kier alpha value is -3.03. The molecule has 0 aliphatic heterocycles. The van der Waals surface area contributed by atoms with E-state index in [1.807, 2.05) is 78.9 Å². The molecular weight excluding hydrogens is 534 g/mol. The van der Waals surface area contributed by atoms with Gasteiger partial charge in [0.15, 0.2) is 5.78 Å². The molecule has 0 amide bonds. The zero-order valence-corrected chi connectivity index (χ0v) is 23.3. The fraction of sp³-hybridized carbons (Fsp3) is 0.161. The second-order valence-corrected chi connectivity index (χ2v) is 11.4. The van der Waals surface area contributed by atoms with Crippen LogP contribution in [0.25, 0.3) is 0 Å². The second-order valence-electron chi connectivity index (χ2n) is 8.60. The second kappa shape index (κ2) is 14.2. The number of carbonyl (C=O) groups is 2. The van der Waals surface area contributed by atoms with Gasteiger partial charge >= 0.3 is 5.97 Å². The topological polar surface area (TPSA) is 55.4 Å². The van der Waals surface area contributed by atoms with Crippen molar-refractivity contribution in [3.8, 4) is 0 Å². The summed E-state index contributed by atoms with van der Waals surface area (Å²) in [5.41, 5.74) is 5.33. The van der Waals surface area contributed by atoms with Crippen molar-refractivity contribution in [2.45, 2.75) is 40.5 Å². The smallest absolute Gasteiger partial charge is 0.321 e. The molecule has 4 aromatic rings. The van der Waals surface area contributed by atoms with Gasteiger partial charge in [0.2, 0.25) is 0 Å². The van der Waals surface area contributed by atoms with Gasteiger partial charge in [0.05, 0.1) is 6.04 Å². The van der Waals surface area contributed by atoms with Crippen molar-refractivity contribution in [2.75, 3.05) is 5.75 Å². The Labute approximate surface area is 237 Å². The quantitative estimate of drug-likeness (QED) is 0.0811. The summed E-state index contributed by atoms with van der Waals surface area (Å²) < 4.78 is 0. The molecule has 4 nitrogen and oxygen atoms in total. The Morgan fingerprint density at radius 1 is 0.789 bits per heavy atom. The largest absolute Gasteiger partial charge is 0.370 e. The van der Waals surface area contributed by atoms with Crippen LogP contribution in [0.5, 0.6) is 0 Å². The Bertz CT molecular complexity index is 1330. The first-order valence-electron chi connectivity index (χ1n) is 12.3. The highest BCUT2D eigenvalue weighted by molar-refractivity contribution is 7.99. The van der Waals surface area contributed by atoms with Gasteiger partial charge in [-0.1, -0.05) is 65.8 Å². The van der Waals surface area contributed by atoms with Crippen molar-refractivity contribution >= 4 is 46.9 Å². The predicted octanol–water partition coefficient (Wildman–Crippen LogP) is 8.40. The van der Waals surface area contributed by atoms with E-state index in [9.17, 15) is 9.59 Å². The molecule has 0 bridgehead atoms. The average molecular weight is 562 g/mol. The maximum absolute atomic E-state index is 12.6. The molecular formula is C31H28ClNO3S2. The molecule has 4 rings (SSSR count). The third kappa shape index (κ3) is 8.50. The molecule has 38 heavy (non-hydrogen) atoms. The maximum atomic E-state index is 12.6. The van der Waals surface area contributed by atoms with Crippen molar-refractivity contribution in [1.29, 1.82) is 0 Å². The van der Waals surface area contributed by atoms with E-state index in [1.54, 1.807) is 23.5 Å². The first kappa shape index (κ1) is 28.0. The summed E-state index contributed by atoms with van der Waals surface area (Å²) in [6, 6.07) is 32.9. The number of thioether (sulfide) groups is 1. The molecule has 0 saturated carbocycles. The van der Waals surface area contributed by atoms with E-state index >= 15 is 0 Å². The molecule has 0 aliphatic carbocycles. The highest BCUT2D eigenvalue weighted by Gasteiger charge is 2.14. The Kier molecular flexibility index (Phi) is 10.5. The lowest BCUT2D eigenvalue weighted by molar-refractivity contribution is -0.150. The van der Waals surface area contributed by atoms with Crippen LogP contribution in [0.15, 0.2) is 118 Å². The number of hydroxylamine groups is 1. The highest BCUT2D eigenvalue weighted by atomic mass is 35.5. The van der Waals surface area contributed by atoms with Crippen molar-refractivity contribution in [1.82, 2.24) is 5.48 Å². The predicted molar refractivity (Wildman–Crippen MR) is 156 cm³/mol. The molecule has 4 aromatic carbocycles. The normalized spacial score (nSPS) is 11.6. The van der Waals surface area contributed by atoms with Crippen LogP contribution in [0.4, 0.5) is 0 Å². The van der Waals surface area contributed by atoms with Gasteiger partial charge in [0.1, 0.15) is 0 Å². The number of carbonyl (C=O) groups excluding carboxylic acids is 2. The minimum atomic E-state index is -0.369. The van der Waals surface area contributed by atoms with Crippen LogP contribution >= 0.6 is 35.1 Å². The Morgan fingerprint density at radius 3 is 2.00 bits per heavy atom. The highest BCUT2D eigenvalue weighted by Crippen LogP contribution is 2.30. The standard InChI is InChI=1S/C31H28ClNO3S2/c1-22(34)36-33-30(8-5-21-37-27-19-13-26(32)14-20-27)23-9-15-28(16-10-23)38-29-17-11-25(12-18-29)31(35)24-6-3-2-4-7-24/h2-4,6-7,9-20,30,33H,5,8,21H2,1H3. The summed E-state index contributed by atoms with van der Waals surface area (Å²) in [4.78, 5) is 32.5. The first-order valence-corrected chi connectivity index (χ1v) is 14.4. The molecule has 0 spiro atoms. The van der Waals surface area contributed by atoms with E-state index < -0.39 is 0 Å². The molecule has 194 valence electrons. The molecule has 1 N–H and O–H groups in total. The van der Waals surface area contributed by atoms with Crippen LogP contribution < -0.4 is 5.48 Å². The summed E-state index contributed by atoms with van der Waals surface area (Å²) in [5.74, 6) is 0.590. The Morgan fingerprint density at radius 2 is 1.37 bits per heavy atom. The lowest BCUT2D eigenvalue weighted by Crippen LogP contribution is -2.24. The monoisotopic (exact) mass is 561 g/mol. The molecule has 0 fully saturated rings. The molecule has 0 aromatic heterocycles. The molecule has 0 aliphatic rings. The lowest BCUT2D eigenvalue weighted by atomic mass is 10.0. The van der Waals surface area contributed by atoms with E-state index in [-0.39, 0.29) is 17.8 Å². The van der Waals surface area contributed by atoms with Crippen LogP contribution in [-0.4, -0.2) is 17.5 Å². The third-order valence-electron chi connectivity index (χ3n) is 5.74. The minimum absolute atomic E-state index is 0.0180. The molecule has 0 heterocycles. The van der Waals surface area contributed by atoms with Gasteiger partial charge in [0.25, 0.3) is 0 Å². The van der Waals surface area contributed by atoms with E-state index in [0.29, 0.717) is 11.1 Å². The molecule has 0 radical (unpaired) electrons. The fourth-order valence-corrected chi connectivity index (χ4v) is 5.61. The SMILES string of the molecule is CC(=O)ONC(CCCSc1ccc(Cl)cc1)c1ccc(Sc2ccc(C(=O)c3ccccc3)cc2)cc1. The Balaban J connectivity index is 1.34. The van der Waals surface area contributed by atoms with E-state index in [2.05, 4.69) is 29.7 Å². The van der Waals surface area contributed by atoms with Crippen molar-refractivity contribution in [3.05, 3.63) is 125 Å². The third-order valence-corrected chi connectivity index (χ3v) is 8.10. The van der Waals surface area contributed by atoms with E-state index in [4.69, 9.17) is 16.4 Å². The maximum Gasteiger partial charge on any atom is 0.321 e. The van der Waals surface area contributed by atoms with Crippen LogP contribution in [-0.2, 0) is 9.63 Å². The number of hydrogen-bond acceptors (Lipinski definition) is 6. The van der Waals surface area contributed by atoms with Gasteiger partial charge < -0.3 is 4.84 Å². The summed E-state index contributed by atoms with van der Waals surface area (Å²) in [7, 11) is 0. The minimum Gasteiger partial charge on any atom is -0.370 e. The first-order chi connectivity index (χ1) is 18.5. The summed E-state index contributed by atoms with van der Waals surface area (Å²) in [6.45, 7) is 1.39. The van der Waals surface area contributed by atoms with Gasteiger partial charge in [0, 0.05) is 37.8 Å². The average Bonchev–Trinajstić information content (AvgIpc) is 2.94. The van der Waals surface area contributed by atoms with Crippen molar-refractivity contribution < 1.29 is 14.4 Å². The van der Waals surface area contributed by atoms with Gasteiger partial charge in [-0.05, 0) is 84.8 Å². The molecule has 7 heteroatoms. The van der Waals surface area contributed by atoms with Gasteiger partial charge in [-0.25, -0.2) is 0 Å². The zero-order chi connectivity index (χ0) is 26.7. The summed E-state index contributed by atoms with van der Waals surface area (Å²) in [5, 5.41) is 0.733. The number of benzene rings is 4.